The molecule has 56 heavy (non-hydrogen) atoms. The lowest BCUT2D eigenvalue weighted by molar-refractivity contribution is 0.669. The molecule has 0 unspecified atom stereocenters. The number of rotatable bonds is 6. The Morgan fingerprint density at radius 3 is 1.41 bits per heavy atom. The Morgan fingerprint density at radius 1 is 0.304 bits per heavy atom. The fourth-order valence-corrected chi connectivity index (χ4v) is 7.88. The molecule has 0 saturated heterocycles. The van der Waals surface area contributed by atoms with E-state index in [4.69, 9.17) is 19.4 Å². The molecule has 0 N–H and O–H groups in total. The molecule has 0 spiro atoms. The van der Waals surface area contributed by atoms with Crippen molar-refractivity contribution in [2.24, 2.45) is 0 Å². The molecule has 0 atom stereocenters. The van der Waals surface area contributed by atoms with Gasteiger partial charge in [0.15, 0.2) is 17.5 Å². The quantitative estimate of drug-likeness (QED) is 0.172. The van der Waals surface area contributed by atoms with Gasteiger partial charge in [0.25, 0.3) is 0 Å². The van der Waals surface area contributed by atoms with E-state index >= 15 is 0 Å². The third-order valence-electron chi connectivity index (χ3n) is 10.7. The molecule has 0 amide bonds. The first kappa shape index (κ1) is 31.9. The molecular formula is C51H32N4O. The minimum Gasteiger partial charge on any atom is -0.456 e. The average molecular weight is 717 g/mol. The molecule has 0 radical (unpaired) electrons. The maximum absolute atomic E-state index is 6.55. The summed E-state index contributed by atoms with van der Waals surface area (Å²) in [4.78, 5) is 15.1. The molecule has 5 heteroatoms. The van der Waals surface area contributed by atoms with E-state index in [2.05, 4.69) is 150 Å². The number of hydrogen-bond donors (Lipinski definition) is 0. The first-order valence-corrected chi connectivity index (χ1v) is 18.8. The Kier molecular flexibility index (Phi) is 7.42. The van der Waals surface area contributed by atoms with Crippen LogP contribution in [-0.4, -0.2) is 19.5 Å². The van der Waals surface area contributed by atoms with Crippen LogP contribution in [0.2, 0.25) is 0 Å². The molecule has 3 aromatic heterocycles. The standard InChI is InChI=1S/C51H32N4O/c1-4-12-33(13-5-1)35-20-22-38(23-21-35)50-52-49(37-16-8-3-9-17-37)53-51(54-50)39-26-29-47-43(30-39)44-31-46-42(32-48(44)56-47)41-18-10-11-19-45(41)55(46)40-27-24-36(25-28-40)34-14-6-2-7-15-34/h1-32H. The Balaban J connectivity index is 1.06. The van der Waals surface area contributed by atoms with Crippen molar-refractivity contribution in [2.45, 2.75) is 0 Å². The number of furan rings is 1. The molecule has 0 aliphatic heterocycles. The van der Waals surface area contributed by atoms with Crippen molar-refractivity contribution >= 4 is 43.7 Å². The fourth-order valence-electron chi connectivity index (χ4n) is 7.88. The average Bonchev–Trinajstić information content (AvgIpc) is 3.80. The van der Waals surface area contributed by atoms with Crippen LogP contribution in [-0.2, 0) is 0 Å². The van der Waals surface area contributed by atoms with E-state index in [0.29, 0.717) is 17.5 Å². The molecule has 262 valence electrons. The summed E-state index contributed by atoms with van der Waals surface area (Å²) in [6.07, 6.45) is 0. The van der Waals surface area contributed by atoms with Gasteiger partial charge in [0.2, 0.25) is 0 Å². The zero-order valence-electron chi connectivity index (χ0n) is 30.2. The Bertz CT molecular complexity index is 3200. The van der Waals surface area contributed by atoms with Gasteiger partial charge in [0.05, 0.1) is 11.0 Å². The second-order valence-electron chi connectivity index (χ2n) is 14.1. The van der Waals surface area contributed by atoms with Crippen LogP contribution in [0.3, 0.4) is 0 Å². The summed E-state index contributed by atoms with van der Waals surface area (Å²) in [5, 5.41) is 4.37. The highest BCUT2D eigenvalue weighted by molar-refractivity contribution is 6.17. The number of para-hydroxylation sites is 1. The molecule has 5 nitrogen and oxygen atoms in total. The molecular weight excluding hydrogens is 685 g/mol. The van der Waals surface area contributed by atoms with E-state index in [1.54, 1.807) is 0 Å². The second-order valence-corrected chi connectivity index (χ2v) is 14.1. The van der Waals surface area contributed by atoms with E-state index in [0.717, 1.165) is 66.3 Å². The molecule has 0 fully saturated rings. The molecule has 11 rings (SSSR count). The van der Waals surface area contributed by atoms with Gasteiger partial charge in [0, 0.05) is 43.9 Å². The van der Waals surface area contributed by atoms with E-state index in [1.165, 1.54) is 22.1 Å². The third kappa shape index (κ3) is 5.45. The van der Waals surface area contributed by atoms with Crippen LogP contribution < -0.4 is 0 Å². The Morgan fingerprint density at radius 2 is 0.768 bits per heavy atom. The summed E-state index contributed by atoms with van der Waals surface area (Å²) >= 11 is 0. The van der Waals surface area contributed by atoms with Gasteiger partial charge >= 0.3 is 0 Å². The van der Waals surface area contributed by atoms with Gasteiger partial charge < -0.3 is 8.98 Å². The molecule has 11 aromatic rings. The smallest absolute Gasteiger partial charge is 0.164 e. The van der Waals surface area contributed by atoms with Gasteiger partial charge in [-0.05, 0) is 70.8 Å². The van der Waals surface area contributed by atoms with Crippen LogP contribution in [0.4, 0.5) is 0 Å². The summed E-state index contributed by atoms with van der Waals surface area (Å²) in [6.45, 7) is 0. The van der Waals surface area contributed by atoms with Crippen molar-refractivity contribution in [2.75, 3.05) is 0 Å². The van der Waals surface area contributed by atoms with Crippen molar-refractivity contribution in [3.63, 3.8) is 0 Å². The fraction of sp³-hybridized carbons (Fsp3) is 0. The zero-order chi connectivity index (χ0) is 37.0. The monoisotopic (exact) mass is 716 g/mol. The minimum absolute atomic E-state index is 0.603. The van der Waals surface area contributed by atoms with Gasteiger partial charge in [-0.3, -0.25) is 0 Å². The zero-order valence-corrected chi connectivity index (χ0v) is 30.2. The van der Waals surface area contributed by atoms with Crippen molar-refractivity contribution < 1.29 is 4.42 Å². The normalized spacial score (nSPS) is 11.6. The molecule has 0 aliphatic rings. The molecule has 8 aromatic carbocycles. The lowest BCUT2D eigenvalue weighted by atomic mass is 10.0. The molecule has 3 heterocycles. The van der Waals surface area contributed by atoms with Gasteiger partial charge in [0.1, 0.15) is 11.2 Å². The number of fused-ring (bicyclic) bond motifs is 6. The lowest BCUT2D eigenvalue weighted by Crippen LogP contribution is -2.00. The number of nitrogens with zero attached hydrogens (tertiary/aromatic N) is 4. The van der Waals surface area contributed by atoms with Gasteiger partial charge in [-0.1, -0.05) is 146 Å². The Hall–Kier alpha value is -7.63. The maximum atomic E-state index is 6.55. The molecule has 0 bridgehead atoms. The minimum atomic E-state index is 0.603. The van der Waals surface area contributed by atoms with Gasteiger partial charge in [-0.2, -0.15) is 0 Å². The van der Waals surface area contributed by atoms with Crippen molar-refractivity contribution in [1.82, 2.24) is 19.5 Å². The highest BCUT2D eigenvalue weighted by atomic mass is 16.3. The summed E-state index contributed by atoms with van der Waals surface area (Å²) < 4.78 is 8.91. The third-order valence-corrected chi connectivity index (χ3v) is 10.7. The second kappa shape index (κ2) is 13.0. The predicted octanol–water partition coefficient (Wildman–Crippen LogP) is 13.2. The van der Waals surface area contributed by atoms with Crippen molar-refractivity contribution in [1.29, 1.82) is 0 Å². The number of hydrogen-bond acceptors (Lipinski definition) is 4. The summed E-state index contributed by atoms with van der Waals surface area (Å²) in [5.41, 5.74) is 12.5. The van der Waals surface area contributed by atoms with Crippen LogP contribution in [0, 0.1) is 0 Å². The predicted molar refractivity (Wildman–Crippen MR) is 229 cm³/mol. The van der Waals surface area contributed by atoms with Crippen LogP contribution in [0.25, 0.3) is 106 Å². The maximum Gasteiger partial charge on any atom is 0.164 e. The summed E-state index contributed by atoms with van der Waals surface area (Å²) in [7, 11) is 0. The van der Waals surface area contributed by atoms with Crippen LogP contribution in [0.1, 0.15) is 0 Å². The van der Waals surface area contributed by atoms with Crippen LogP contribution in [0.5, 0.6) is 0 Å². The van der Waals surface area contributed by atoms with Gasteiger partial charge in [-0.15, -0.1) is 0 Å². The molecule has 0 aliphatic carbocycles. The lowest BCUT2D eigenvalue weighted by Gasteiger charge is -2.10. The first-order chi connectivity index (χ1) is 27.7. The number of benzene rings is 8. The van der Waals surface area contributed by atoms with Crippen LogP contribution >= 0.6 is 0 Å². The van der Waals surface area contributed by atoms with Crippen LogP contribution in [0.15, 0.2) is 199 Å². The first-order valence-electron chi connectivity index (χ1n) is 18.8. The largest absolute Gasteiger partial charge is 0.456 e. The Labute approximate surface area is 322 Å². The van der Waals surface area contributed by atoms with Crippen molar-refractivity contribution in [3.05, 3.63) is 194 Å². The number of aromatic nitrogens is 4. The molecule has 0 saturated carbocycles. The van der Waals surface area contributed by atoms with E-state index in [1.807, 2.05) is 48.5 Å². The summed E-state index contributed by atoms with van der Waals surface area (Å²) in [5.74, 6) is 1.85. The highest BCUT2D eigenvalue weighted by Gasteiger charge is 2.18. The van der Waals surface area contributed by atoms with Crippen molar-refractivity contribution in [3.8, 4) is 62.1 Å². The van der Waals surface area contributed by atoms with E-state index in [9.17, 15) is 0 Å². The summed E-state index contributed by atoms with van der Waals surface area (Å²) in [6, 6.07) is 67.5. The highest BCUT2D eigenvalue weighted by Crippen LogP contribution is 2.40. The topological polar surface area (TPSA) is 56.7 Å². The van der Waals surface area contributed by atoms with E-state index < -0.39 is 0 Å². The SMILES string of the molecule is c1ccc(-c2ccc(-c3nc(-c4ccccc4)nc(-c4ccc5oc6cc7c8ccccc8n(-c8ccc(-c9ccccc9)cc8)c7cc6c5c4)n3)cc2)cc1. The van der Waals surface area contributed by atoms with E-state index in [-0.39, 0.29) is 0 Å². The van der Waals surface area contributed by atoms with Gasteiger partial charge in [-0.25, -0.2) is 15.0 Å².